The topological polar surface area (TPSA) is 0 Å². The van der Waals surface area contributed by atoms with E-state index in [9.17, 15) is 0 Å². The number of rotatable bonds is 6. The van der Waals surface area contributed by atoms with E-state index in [4.69, 9.17) is 0 Å². The Morgan fingerprint density at radius 1 is 0.286 bits per heavy atom. The van der Waals surface area contributed by atoms with Crippen molar-refractivity contribution >= 4 is 80.1 Å². The van der Waals surface area contributed by atoms with Gasteiger partial charge in [-0.3, -0.25) is 0 Å². The molecule has 0 saturated carbocycles. The van der Waals surface area contributed by atoms with Crippen molar-refractivity contribution in [2.45, 2.75) is 37.0 Å². The normalized spacial score (nSPS) is 16.5. The van der Waals surface area contributed by atoms with Crippen molar-refractivity contribution in [2.24, 2.45) is 0 Å². The monoisotopic (exact) mass is 996 g/mol. The molecule has 0 aliphatic heterocycles. The van der Waals surface area contributed by atoms with Crippen LogP contribution in [0.1, 0.15) is 67.8 Å². The molecule has 10 aromatic carbocycles. The number of hydrogen-bond donors (Lipinski definition) is 0. The Labute approximate surface area is 393 Å². The molecule has 13 rings (SSSR count). The minimum absolute atomic E-state index is 0.170. The van der Waals surface area contributed by atoms with E-state index >= 15 is 0 Å². The van der Waals surface area contributed by atoms with Crippen LogP contribution >= 0.6 is 47.8 Å². The van der Waals surface area contributed by atoms with Gasteiger partial charge in [0.25, 0.3) is 0 Å². The van der Waals surface area contributed by atoms with Crippen LogP contribution in [0.25, 0.3) is 65.7 Å². The predicted molar refractivity (Wildman–Crippen MR) is 274 cm³/mol. The van der Waals surface area contributed by atoms with Crippen molar-refractivity contribution in [1.82, 2.24) is 0 Å². The highest BCUT2D eigenvalue weighted by Crippen LogP contribution is 2.65. The highest BCUT2D eigenvalue weighted by molar-refractivity contribution is 9.11. The maximum atomic E-state index is 4.16. The molecule has 0 radical (unpaired) electrons. The lowest BCUT2D eigenvalue weighted by Gasteiger charge is -2.26. The summed E-state index contributed by atoms with van der Waals surface area (Å²) in [5.41, 5.74) is 21.4. The summed E-state index contributed by atoms with van der Waals surface area (Å²) >= 11 is 12.5. The Morgan fingerprint density at radius 3 is 0.873 bits per heavy atom. The highest BCUT2D eigenvalue weighted by atomic mass is 79.9. The van der Waals surface area contributed by atoms with Gasteiger partial charge in [-0.2, -0.15) is 0 Å². The molecule has 0 spiro atoms. The second kappa shape index (κ2) is 14.7. The van der Waals surface area contributed by atoms with E-state index in [2.05, 4.69) is 230 Å². The third kappa shape index (κ3) is 5.69. The first kappa shape index (κ1) is 37.9. The average molecular weight is 1000 g/mol. The van der Waals surface area contributed by atoms with Crippen LogP contribution in [0.3, 0.4) is 0 Å². The molecule has 3 atom stereocenters. The van der Waals surface area contributed by atoms with Gasteiger partial charge in [0, 0.05) is 31.2 Å². The molecule has 0 unspecified atom stereocenters. The van der Waals surface area contributed by atoms with Crippen molar-refractivity contribution in [1.29, 1.82) is 0 Å². The third-order valence-corrected chi connectivity index (χ3v) is 17.4. The minimum Gasteiger partial charge on any atom is -0.0619 e. The zero-order valence-electron chi connectivity index (χ0n) is 34.3. The van der Waals surface area contributed by atoms with E-state index in [1.165, 1.54) is 129 Å². The van der Waals surface area contributed by atoms with E-state index in [0.29, 0.717) is 0 Å². The first-order valence-electron chi connectivity index (χ1n) is 22.0. The molecular formula is C60H39Br3. The van der Waals surface area contributed by atoms with Crippen LogP contribution in [-0.4, -0.2) is 0 Å². The second-order valence-corrected chi connectivity index (χ2v) is 20.1. The van der Waals surface area contributed by atoms with Crippen LogP contribution in [0.4, 0.5) is 0 Å². The lowest BCUT2D eigenvalue weighted by atomic mass is 9.77. The minimum atomic E-state index is 0.170. The fraction of sp³-hybridized carbons (Fsp3) is 0.100. The predicted octanol–water partition coefficient (Wildman–Crippen LogP) is 17.5. The van der Waals surface area contributed by atoms with E-state index in [0.717, 1.165) is 19.3 Å². The number of hydrogen-bond acceptors (Lipinski definition) is 0. The molecule has 63 heavy (non-hydrogen) atoms. The fourth-order valence-electron chi connectivity index (χ4n) is 11.9. The molecule has 10 aromatic rings. The SMILES string of the molecule is Brc1c(C[C@H]2c3ccccc3-c3c2c2c(c4c3[C@@H](Cc3ccc5ccccc5c3Br)c3ccccc3-4)[C@@H](Cc3ccc4ccccc4c3Br)c3ccccc3-2)ccc2ccccc12. The maximum absolute atomic E-state index is 4.16. The first-order chi connectivity index (χ1) is 31.0. The van der Waals surface area contributed by atoms with E-state index < -0.39 is 0 Å². The van der Waals surface area contributed by atoms with Gasteiger partial charge in [0.15, 0.2) is 0 Å². The summed E-state index contributed by atoms with van der Waals surface area (Å²) in [6.07, 6.45) is 2.70. The molecule has 0 fully saturated rings. The molecular weight excluding hydrogens is 960 g/mol. The second-order valence-electron chi connectivity index (χ2n) is 17.7. The average Bonchev–Trinajstić information content (AvgIpc) is 3.94. The van der Waals surface area contributed by atoms with E-state index in [1.54, 1.807) is 0 Å². The van der Waals surface area contributed by atoms with Gasteiger partial charge in [0.1, 0.15) is 0 Å². The van der Waals surface area contributed by atoms with Gasteiger partial charge in [0.05, 0.1) is 0 Å². The van der Waals surface area contributed by atoms with Crippen molar-refractivity contribution in [2.75, 3.05) is 0 Å². The molecule has 0 amide bonds. The van der Waals surface area contributed by atoms with Crippen LogP contribution in [0, 0.1) is 0 Å². The quantitative estimate of drug-likeness (QED) is 0.156. The van der Waals surface area contributed by atoms with Gasteiger partial charge in [0.2, 0.25) is 0 Å². The molecule has 0 saturated heterocycles. The van der Waals surface area contributed by atoms with Gasteiger partial charge in [-0.05, 0) is 183 Å². The molecule has 0 heterocycles. The molecule has 0 aromatic heterocycles. The Bertz CT molecular complexity index is 3170. The number of halogens is 3. The Morgan fingerprint density at radius 2 is 0.556 bits per heavy atom. The largest absolute Gasteiger partial charge is 0.0619 e. The van der Waals surface area contributed by atoms with Gasteiger partial charge < -0.3 is 0 Å². The van der Waals surface area contributed by atoms with E-state index in [-0.39, 0.29) is 17.8 Å². The fourth-order valence-corrected chi connectivity index (χ4v) is 13.8. The third-order valence-electron chi connectivity index (χ3n) is 14.6. The van der Waals surface area contributed by atoms with Crippen LogP contribution in [0.15, 0.2) is 195 Å². The van der Waals surface area contributed by atoms with Crippen molar-refractivity contribution < 1.29 is 0 Å². The van der Waals surface area contributed by atoms with E-state index in [1.807, 2.05) is 0 Å². The standard InChI is InChI=1S/C60H39Br3/c61-58-37(28-25-34-13-1-4-16-40(34)58)31-49-43-19-7-10-22-46(43)52-55(49)53-47-23-11-8-20-44(47)50(32-38-29-26-35-14-2-5-17-41(35)59(38)62)57(53)54-48-24-12-9-21-45(48)51(56(52)54)33-39-30-27-36-15-3-6-18-42(36)60(39)63/h1-30,49-51H,31-33H2/t49-,50-,51-/m0/s1. The summed E-state index contributed by atoms with van der Waals surface area (Å²) in [4.78, 5) is 0. The van der Waals surface area contributed by atoms with Crippen LogP contribution in [0.5, 0.6) is 0 Å². The summed E-state index contributed by atoms with van der Waals surface area (Å²) in [5.74, 6) is 0.510. The molecule has 0 N–H and O–H groups in total. The van der Waals surface area contributed by atoms with Crippen LogP contribution < -0.4 is 0 Å². The van der Waals surface area contributed by atoms with Crippen molar-refractivity contribution in [3.05, 3.63) is 245 Å². The van der Waals surface area contributed by atoms with Gasteiger partial charge >= 0.3 is 0 Å². The smallest absolute Gasteiger partial charge is 0.0286 e. The number of fused-ring (bicyclic) bond motifs is 15. The molecule has 3 heteroatoms. The maximum Gasteiger partial charge on any atom is 0.0286 e. The van der Waals surface area contributed by atoms with Crippen LogP contribution in [-0.2, 0) is 19.3 Å². The molecule has 0 bridgehead atoms. The summed E-state index contributed by atoms with van der Waals surface area (Å²) < 4.78 is 3.61. The highest BCUT2D eigenvalue weighted by Gasteiger charge is 2.46. The molecule has 0 nitrogen and oxygen atoms in total. The zero-order chi connectivity index (χ0) is 41.9. The first-order valence-corrected chi connectivity index (χ1v) is 24.4. The zero-order valence-corrected chi connectivity index (χ0v) is 39.1. The van der Waals surface area contributed by atoms with Crippen molar-refractivity contribution in [3.63, 3.8) is 0 Å². The van der Waals surface area contributed by atoms with Gasteiger partial charge in [-0.1, -0.05) is 182 Å². The van der Waals surface area contributed by atoms with Crippen molar-refractivity contribution in [3.8, 4) is 33.4 Å². The van der Waals surface area contributed by atoms with Crippen LogP contribution in [0.2, 0.25) is 0 Å². The molecule has 300 valence electrons. The summed E-state index contributed by atoms with van der Waals surface area (Å²) in [7, 11) is 0. The molecule has 3 aliphatic rings. The Hall–Kier alpha value is -5.58. The summed E-state index contributed by atoms with van der Waals surface area (Å²) in [6.45, 7) is 0. The van der Waals surface area contributed by atoms with Gasteiger partial charge in [-0.15, -0.1) is 0 Å². The molecule has 3 aliphatic carbocycles. The number of benzene rings is 10. The Kier molecular flexibility index (Phi) is 8.87. The summed E-state index contributed by atoms with van der Waals surface area (Å²) in [5, 5.41) is 7.58. The summed E-state index contributed by atoms with van der Waals surface area (Å²) in [6, 6.07) is 68.5. The lowest BCUT2D eigenvalue weighted by Crippen LogP contribution is -2.10. The Balaban J connectivity index is 1.11. The lowest BCUT2D eigenvalue weighted by molar-refractivity contribution is 0.800. The van der Waals surface area contributed by atoms with Gasteiger partial charge in [-0.25, -0.2) is 0 Å².